The SMILES string of the molecule is COc1ccccc1CNC(=O)c1occc1C. The molecule has 1 amide bonds. The molecule has 94 valence electrons. The molecule has 0 fully saturated rings. The molecule has 1 heterocycles. The highest BCUT2D eigenvalue weighted by Crippen LogP contribution is 2.17. The third kappa shape index (κ3) is 2.53. The van der Waals surface area contributed by atoms with Crippen molar-refractivity contribution in [2.45, 2.75) is 13.5 Å². The van der Waals surface area contributed by atoms with E-state index in [-0.39, 0.29) is 5.91 Å². The van der Waals surface area contributed by atoms with E-state index in [9.17, 15) is 4.79 Å². The lowest BCUT2D eigenvalue weighted by Gasteiger charge is -2.08. The Labute approximate surface area is 106 Å². The minimum Gasteiger partial charge on any atom is -0.496 e. The summed E-state index contributed by atoms with van der Waals surface area (Å²) in [5, 5.41) is 2.80. The monoisotopic (exact) mass is 245 g/mol. The lowest BCUT2D eigenvalue weighted by molar-refractivity contribution is 0.0922. The number of amides is 1. The number of carbonyl (C=O) groups excluding carboxylic acids is 1. The largest absolute Gasteiger partial charge is 0.496 e. The molecule has 0 saturated carbocycles. The predicted molar refractivity (Wildman–Crippen MR) is 67.6 cm³/mol. The molecule has 4 nitrogen and oxygen atoms in total. The number of furan rings is 1. The zero-order valence-electron chi connectivity index (χ0n) is 10.4. The molecule has 0 aliphatic carbocycles. The van der Waals surface area contributed by atoms with E-state index in [4.69, 9.17) is 9.15 Å². The first kappa shape index (κ1) is 12.2. The maximum absolute atomic E-state index is 11.9. The fraction of sp³-hybridized carbons (Fsp3) is 0.214. The first-order valence-corrected chi connectivity index (χ1v) is 5.66. The second-order valence-electron chi connectivity index (χ2n) is 3.93. The fourth-order valence-electron chi connectivity index (χ4n) is 1.71. The summed E-state index contributed by atoms with van der Waals surface area (Å²) < 4.78 is 10.3. The third-order valence-electron chi connectivity index (χ3n) is 2.70. The predicted octanol–water partition coefficient (Wildman–Crippen LogP) is 2.53. The van der Waals surface area contributed by atoms with E-state index in [1.807, 2.05) is 31.2 Å². The van der Waals surface area contributed by atoms with Gasteiger partial charge < -0.3 is 14.5 Å². The quantitative estimate of drug-likeness (QED) is 0.900. The van der Waals surface area contributed by atoms with Crippen LogP contribution in [0.1, 0.15) is 21.7 Å². The van der Waals surface area contributed by atoms with Gasteiger partial charge in [0.2, 0.25) is 0 Å². The molecule has 0 radical (unpaired) electrons. The molecule has 1 N–H and O–H groups in total. The first-order chi connectivity index (χ1) is 8.72. The molecule has 2 rings (SSSR count). The molecule has 18 heavy (non-hydrogen) atoms. The van der Waals surface area contributed by atoms with E-state index >= 15 is 0 Å². The van der Waals surface area contributed by atoms with Gasteiger partial charge in [0.1, 0.15) is 5.75 Å². The van der Waals surface area contributed by atoms with Crippen LogP contribution in [0.5, 0.6) is 5.75 Å². The molecule has 0 aliphatic rings. The number of methoxy groups -OCH3 is 1. The zero-order chi connectivity index (χ0) is 13.0. The molecule has 0 saturated heterocycles. The molecular weight excluding hydrogens is 230 g/mol. The number of para-hydroxylation sites is 1. The highest BCUT2D eigenvalue weighted by molar-refractivity contribution is 5.92. The summed E-state index contributed by atoms with van der Waals surface area (Å²) in [5.74, 6) is 0.891. The van der Waals surface area contributed by atoms with Gasteiger partial charge in [0.15, 0.2) is 5.76 Å². The number of aryl methyl sites for hydroxylation is 1. The summed E-state index contributed by atoms with van der Waals surface area (Å²) in [4.78, 5) is 11.9. The van der Waals surface area contributed by atoms with Gasteiger partial charge in [0.05, 0.1) is 13.4 Å². The number of carbonyl (C=O) groups is 1. The molecule has 0 bridgehead atoms. The zero-order valence-corrected chi connectivity index (χ0v) is 10.4. The van der Waals surface area contributed by atoms with Crippen molar-refractivity contribution in [3.8, 4) is 5.75 Å². The van der Waals surface area contributed by atoms with Crippen molar-refractivity contribution in [2.75, 3.05) is 7.11 Å². The van der Waals surface area contributed by atoms with Crippen LogP contribution >= 0.6 is 0 Å². The summed E-state index contributed by atoms with van der Waals surface area (Å²) in [7, 11) is 1.61. The fourth-order valence-corrected chi connectivity index (χ4v) is 1.71. The molecule has 0 unspecified atom stereocenters. The molecular formula is C14H15NO3. The minimum atomic E-state index is -0.219. The van der Waals surface area contributed by atoms with Gasteiger partial charge in [-0.05, 0) is 19.1 Å². The molecule has 1 aromatic carbocycles. The Bertz CT molecular complexity index is 545. The Hall–Kier alpha value is -2.23. The molecule has 1 aromatic heterocycles. The van der Waals surface area contributed by atoms with Gasteiger partial charge in [-0.2, -0.15) is 0 Å². The number of ether oxygens (including phenoxy) is 1. The molecule has 0 atom stereocenters. The van der Waals surface area contributed by atoms with Gasteiger partial charge in [-0.25, -0.2) is 0 Å². The minimum absolute atomic E-state index is 0.219. The number of nitrogens with one attached hydrogen (secondary N) is 1. The van der Waals surface area contributed by atoms with Crippen LogP contribution in [-0.4, -0.2) is 13.0 Å². The van der Waals surface area contributed by atoms with Crippen molar-refractivity contribution < 1.29 is 13.9 Å². The van der Waals surface area contributed by atoms with Crippen molar-refractivity contribution in [1.82, 2.24) is 5.32 Å². The van der Waals surface area contributed by atoms with Crippen molar-refractivity contribution in [3.05, 3.63) is 53.5 Å². The van der Waals surface area contributed by atoms with E-state index < -0.39 is 0 Å². The lowest BCUT2D eigenvalue weighted by Crippen LogP contribution is -2.23. The number of hydrogen-bond donors (Lipinski definition) is 1. The van der Waals surface area contributed by atoms with E-state index in [0.717, 1.165) is 16.9 Å². The average molecular weight is 245 g/mol. The van der Waals surface area contributed by atoms with Crippen LogP contribution in [0.3, 0.4) is 0 Å². The Balaban J connectivity index is 2.04. The molecule has 2 aromatic rings. The van der Waals surface area contributed by atoms with Crippen LogP contribution in [0, 0.1) is 6.92 Å². The number of hydrogen-bond acceptors (Lipinski definition) is 3. The Morgan fingerprint density at radius 2 is 2.11 bits per heavy atom. The number of benzene rings is 1. The summed E-state index contributed by atoms with van der Waals surface area (Å²) in [5.41, 5.74) is 1.75. The summed E-state index contributed by atoms with van der Waals surface area (Å²) in [6, 6.07) is 9.33. The van der Waals surface area contributed by atoms with Crippen molar-refractivity contribution in [3.63, 3.8) is 0 Å². The van der Waals surface area contributed by atoms with Gasteiger partial charge in [-0.3, -0.25) is 4.79 Å². The standard InChI is InChI=1S/C14H15NO3/c1-10-7-8-18-13(10)14(16)15-9-11-5-3-4-6-12(11)17-2/h3-8H,9H2,1-2H3,(H,15,16). The Morgan fingerprint density at radius 1 is 1.33 bits per heavy atom. The van der Waals surface area contributed by atoms with Gasteiger partial charge in [0, 0.05) is 17.7 Å². The van der Waals surface area contributed by atoms with Crippen LogP contribution in [0.15, 0.2) is 41.0 Å². The topological polar surface area (TPSA) is 51.5 Å². The van der Waals surface area contributed by atoms with Crippen LogP contribution in [0.4, 0.5) is 0 Å². The van der Waals surface area contributed by atoms with E-state index in [1.54, 1.807) is 13.2 Å². The highest BCUT2D eigenvalue weighted by atomic mass is 16.5. The van der Waals surface area contributed by atoms with Crippen LogP contribution in [-0.2, 0) is 6.54 Å². The van der Waals surface area contributed by atoms with E-state index in [1.165, 1.54) is 6.26 Å². The molecule has 0 spiro atoms. The van der Waals surface area contributed by atoms with Crippen LogP contribution < -0.4 is 10.1 Å². The van der Waals surface area contributed by atoms with Crippen molar-refractivity contribution >= 4 is 5.91 Å². The number of rotatable bonds is 4. The second-order valence-corrected chi connectivity index (χ2v) is 3.93. The smallest absolute Gasteiger partial charge is 0.287 e. The van der Waals surface area contributed by atoms with Crippen LogP contribution in [0.25, 0.3) is 0 Å². The van der Waals surface area contributed by atoms with E-state index in [2.05, 4.69) is 5.32 Å². The first-order valence-electron chi connectivity index (χ1n) is 5.66. The van der Waals surface area contributed by atoms with Crippen molar-refractivity contribution in [2.24, 2.45) is 0 Å². The lowest BCUT2D eigenvalue weighted by atomic mass is 10.2. The van der Waals surface area contributed by atoms with Gasteiger partial charge in [-0.15, -0.1) is 0 Å². The van der Waals surface area contributed by atoms with Crippen molar-refractivity contribution in [1.29, 1.82) is 0 Å². The van der Waals surface area contributed by atoms with Gasteiger partial charge in [0.25, 0.3) is 5.91 Å². The van der Waals surface area contributed by atoms with Crippen LogP contribution in [0.2, 0.25) is 0 Å². The molecule has 4 heteroatoms. The van der Waals surface area contributed by atoms with Gasteiger partial charge in [-0.1, -0.05) is 18.2 Å². The highest BCUT2D eigenvalue weighted by Gasteiger charge is 2.12. The summed E-state index contributed by atoms with van der Waals surface area (Å²) in [6.07, 6.45) is 1.51. The third-order valence-corrected chi connectivity index (χ3v) is 2.70. The van der Waals surface area contributed by atoms with E-state index in [0.29, 0.717) is 12.3 Å². The maximum Gasteiger partial charge on any atom is 0.287 e. The van der Waals surface area contributed by atoms with Gasteiger partial charge >= 0.3 is 0 Å². The normalized spacial score (nSPS) is 10.1. The summed E-state index contributed by atoms with van der Waals surface area (Å²) >= 11 is 0. The Kier molecular flexibility index (Phi) is 3.67. The average Bonchev–Trinajstić information content (AvgIpc) is 2.82. The maximum atomic E-state index is 11.9. The summed E-state index contributed by atoms with van der Waals surface area (Å²) in [6.45, 7) is 2.24. The molecule has 0 aliphatic heterocycles. The second kappa shape index (κ2) is 5.40. The Morgan fingerprint density at radius 3 is 2.78 bits per heavy atom.